The van der Waals surface area contributed by atoms with Crippen molar-refractivity contribution in [3.63, 3.8) is 0 Å². The van der Waals surface area contributed by atoms with Crippen LogP contribution in [-0.2, 0) is 6.42 Å². The molecule has 0 bridgehead atoms. The monoisotopic (exact) mass is 332 g/mol. The predicted molar refractivity (Wildman–Crippen MR) is 84.6 cm³/mol. The number of aliphatic hydroxyl groups is 1. The first-order valence-electron chi connectivity index (χ1n) is 6.12. The van der Waals surface area contributed by atoms with Crippen LogP contribution in [0.25, 0.3) is 10.8 Å². The zero-order valence-electron chi connectivity index (χ0n) is 10.2. The number of benzene rings is 2. The number of halogens is 1. The number of hydrogen-bond acceptors (Lipinski definition) is 2. The highest BCUT2D eigenvalue weighted by Gasteiger charge is 2.14. The molecule has 3 rings (SSSR count). The summed E-state index contributed by atoms with van der Waals surface area (Å²) in [5.74, 6) is 0. The Hall–Kier alpha value is -1.16. The fourth-order valence-electron chi connectivity index (χ4n) is 2.32. The molecule has 0 amide bonds. The summed E-state index contributed by atoms with van der Waals surface area (Å²) in [5, 5.41) is 16.8. The van der Waals surface area contributed by atoms with Gasteiger partial charge in [-0.05, 0) is 37.6 Å². The lowest BCUT2D eigenvalue weighted by molar-refractivity contribution is 0.178. The van der Waals surface area contributed by atoms with E-state index < -0.39 is 6.10 Å². The summed E-state index contributed by atoms with van der Waals surface area (Å²) in [6.45, 7) is 0. The standard InChI is InChI=1S/C16H13BrOS/c17-15-10-19-9-14(15)16(18)8-12-6-3-5-11-4-1-2-7-13(11)12/h1-7,9-10,16,18H,8H2. The summed E-state index contributed by atoms with van der Waals surface area (Å²) in [4.78, 5) is 0. The van der Waals surface area contributed by atoms with E-state index in [4.69, 9.17) is 0 Å². The number of hydrogen-bond donors (Lipinski definition) is 1. The SMILES string of the molecule is OC(Cc1cccc2ccccc12)c1cscc1Br. The topological polar surface area (TPSA) is 20.2 Å². The molecule has 1 atom stereocenters. The van der Waals surface area contributed by atoms with Gasteiger partial charge in [-0.15, -0.1) is 0 Å². The Bertz CT molecular complexity index is 699. The van der Waals surface area contributed by atoms with Gasteiger partial charge in [-0.1, -0.05) is 42.5 Å². The summed E-state index contributed by atoms with van der Waals surface area (Å²) < 4.78 is 0.991. The van der Waals surface area contributed by atoms with Gasteiger partial charge in [0.2, 0.25) is 0 Å². The number of aliphatic hydroxyl groups excluding tert-OH is 1. The van der Waals surface area contributed by atoms with Crippen molar-refractivity contribution in [2.24, 2.45) is 0 Å². The van der Waals surface area contributed by atoms with E-state index in [2.05, 4.69) is 40.2 Å². The maximum atomic E-state index is 10.4. The molecule has 0 fully saturated rings. The van der Waals surface area contributed by atoms with Gasteiger partial charge in [-0.25, -0.2) is 0 Å². The molecule has 0 saturated heterocycles. The number of thiophene rings is 1. The first-order chi connectivity index (χ1) is 9.25. The van der Waals surface area contributed by atoms with E-state index in [1.165, 1.54) is 16.3 Å². The Balaban J connectivity index is 1.96. The predicted octanol–water partition coefficient (Wildman–Crippen LogP) is 4.94. The van der Waals surface area contributed by atoms with Crippen LogP contribution in [0.15, 0.2) is 57.7 Å². The Kier molecular flexibility index (Phi) is 3.69. The molecule has 0 spiro atoms. The fourth-order valence-corrected chi connectivity index (χ4v) is 3.93. The van der Waals surface area contributed by atoms with Crippen molar-refractivity contribution in [2.45, 2.75) is 12.5 Å². The highest BCUT2D eigenvalue weighted by atomic mass is 79.9. The van der Waals surface area contributed by atoms with Crippen molar-refractivity contribution < 1.29 is 5.11 Å². The molecule has 2 aromatic carbocycles. The van der Waals surface area contributed by atoms with Gasteiger partial charge >= 0.3 is 0 Å². The summed E-state index contributed by atoms with van der Waals surface area (Å²) in [7, 11) is 0. The van der Waals surface area contributed by atoms with E-state index in [0.717, 1.165) is 10.0 Å². The smallest absolute Gasteiger partial charge is 0.0849 e. The molecule has 0 aliphatic carbocycles. The van der Waals surface area contributed by atoms with Crippen LogP contribution in [0.4, 0.5) is 0 Å². The van der Waals surface area contributed by atoms with Crippen LogP contribution in [0.5, 0.6) is 0 Å². The van der Waals surface area contributed by atoms with Gasteiger partial charge in [0, 0.05) is 21.8 Å². The normalized spacial score (nSPS) is 12.7. The van der Waals surface area contributed by atoms with Crippen LogP contribution in [-0.4, -0.2) is 5.11 Å². The molecule has 0 aliphatic heterocycles. The molecule has 0 saturated carbocycles. The van der Waals surface area contributed by atoms with Crippen LogP contribution in [0.2, 0.25) is 0 Å². The summed E-state index contributed by atoms with van der Waals surface area (Å²) in [6.07, 6.45) is 0.169. The third kappa shape index (κ3) is 2.59. The number of rotatable bonds is 3. The van der Waals surface area contributed by atoms with Gasteiger partial charge in [0.15, 0.2) is 0 Å². The van der Waals surface area contributed by atoms with E-state index in [-0.39, 0.29) is 0 Å². The van der Waals surface area contributed by atoms with E-state index in [0.29, 0.717) is 6.42 Å². The molecule has 1 N–H and O–H groups in total. The van der Waals surface area contributed by atoms with Gasteiger partial charge in [0.1, 0.15) is 0 Å². The maximum absolute atomic E-state index is 10.4. The Morgan fingerprint density at radius 2 is 1.84 bits per heavy atom. The lowest BCUT2D eigenvalue weighted by atomic mass is 9.98. The second-order valence-electron chi connectivity index (χ2n) is 4.53. The lowest BCUT2D eigenvalue weighted by Gasteiger charge is -2.12. The van der Waals surface area contributed by atoms with Crippen molar-refractivity contribution in [3.8, 4) is 0 Å². The molecule has 1 unspecified atom stereocenters. The quantitative estimate of drug-likeness (QED) is 0.720. The Labute approximate surface area is 124 Å². The van der Waals surface area contributed by atoms with Crippen LogP contribution >= 0.6 is 27.3 Å². The molecular formula is C16H13BrOS. The molecule has 19 heavy (non-hydrogen) atoms. The lowest BCUT2D eigenvalue weighted by Crippen LogP contribution is -2.01. The highest BCUT2D eigenvalue weighted by Crippen LogP contribution is 2.31. The van der Waals surface area contributed by atoms with Gasteiger partial charge in [0.25, 0.3) is 0 Å². The van der Waals surface area contributed by atoms with Gasteiger partial charge < -0.3 is 5.11 Å². The van der Waals surface area contributed by atoms with E-state index >= 15 is 0 Å². The van der Waals surface area contributed by atoms with Crippen LogP contribution in [0.3, 0.4) is 0 Å². The zero-order chi connectivity index (χ0) is 13.2. The Morgan fingerprint density at radius 3 is 2.63 bits per heavy atom. The average molecular weight is 333 g/mol. The van der Waals surface area contributed by atoms with Gasteiger partial charge in [-0.2, -0.15) is 11.3 Å². The zero-order valence-corrected chi connectivity index (χ0v) is 12.6. The largest absolute Gasteiger partial charge is 0.388 e. The van der Waals surface area contributed by atoms with Crippen LogP contribution in [0, 0.1) is 0 Å². The second kappa shape index (κ2) is 5.45. The average Bonchev–Trinajstić information content (AvgIpc) is 2.85. The van der Waals surface area contributed by atoms with E-state index in [1.807, 2.05) is 29.0 Å². The van der Waals surface area contributed by atoms with E-state index in [1.54, 1.807) is 11.3 Å². The molecule has 96 valence electrons. The molecular weight excluding hydrogens is 320 g/mol. The van der Waals surface area contributed by atoms with Crippen molar-refractivity contribution in [1.82, 2.24) is 0 Å². The summed E-state index contributed by atoms with van der Waals surface area (Å²) in [5.41, 5.74) is 2.15. The van der Waals surface area contributed by atoms with Crippen molar-refractivity contribution in [3.05, 3.63) is 68.8 Å². The Morgan fingerprint density at radius 1 is 1.05 bits per heavy atom. The van der Waals surface area contributed by atoms with Crippen molar-refractivity contribution >= 4 is 38.0 Å². The molecule has 0 aliphatic rings. The van der Waals surface area contributed by atoms with Gasteiger partial charge in [0.05, 0.1) is 6.10 Å². The van der Waals surface area contributed by atoms with Gasteiger partial charge in [-0.3, -0.25) is 0 Å². The summed E-state index contributed by atoms with van der Waals surface area (Å²) >= 11 is 5.08. The van der Waals surface area contributed by atoms with Crippen molar-refractivity contribution in [2.75, 3.05) is 0 Å². The third-order valence-corrected chi connectivity index (χ3v) is 5.05. The second-order valence-corrected chi connectivity index (χ2v) is 6.13. The molecule has 1 nitrogen and oxygen atoms in total. The molecule has 3 aromatic rings. The summed E-state index contributed by atoms with van der Waals surface area (Å²) in [6, 6.07) is 14.5. The molecule has 0 radical (unpaired) electrons. The third-order valence-electron chi connectivity index (χ3n) is 3.29. The minimum atomic E-state index is -0.466. The minimum absolute atomic E-state index is 0.466. The van der Waals surface area contributed by atoms with Crippen LogP contribution < -0.4 is 0 Å². The van der Waals surface area contributed by atoms with Crippen molar-refractivity contribution in [1.29, 1.82) is 0 Å². The van der Waals surface area contributed by atoms with Crippen LogP contribution in [0.1, 0.15) is 17.2 Å². The molecule has 3 heteroatoms. The highest BCUT2D eigenvalue weighted by molar-refractivity contribution is 9.10. The van der Waals surface area contributed by atoms with E-state index in [9.17, 15) is 5.11 Å². The molecule has 1 heterocycles. The fraction of sp³-hybridized carbons (Fsp3) is 0.125. The maximum Gasteiger partial charge on any atom is 0.0849 e. The molecule has 1 aromatic heterocycles. The number of fused-ring (bicyclic) bond motifs is 1. The first kappa shape index (κ1) is 12.9. The minimum Gasteiger partial charge on any atom is -0.388 e. The first-order valence-corrected chi connectivity index (χ1v) is 7.85.